The highest BCUT2D eigenvalue weighted by Crippen LogP contribution is 2.28. The normalized spacial score (nSPS) is 11.4. The smallest absolute Gasteiger partial charge is 0.190 e. The maximum absolute atomic E-state index is 8.74. The number of aliphatic hydroxyl groups excluding tert-OH is 1. The average Bonchev–Trinajstić information content (AvgIpc) is 2.75. The first-order valence-corrected chi connectivity index (χ1v) is 8.18. The Morgan fingerprint density at radius 2 is 2.05 bits per heavy atom. The lowest BCUT2D eigenvalue weighted by atomic mass is 10.3. The van der Waals surface area contributed by atoms with Crippen molar-refractivity contribution in [2.24, 2.45) is 0 Å². The zero-order valence-electron chi connectivity index (χ0n) is 11.1. The quantitative estimate of drug-likeness (QED) is 0.375. The molecule has 0 saturated heterocycles. The molecule has 8 heteroatoms. The van der Waals surface area contributed by atoms with Gasteiger partial charge in [-0.1, -0.05) is 11.8 Å². The summed E-state index contributed by atoms with van der Waals surface area (Å²) in [6.07, 6.45) is 3.94. The molecule has 104 valence electrons. The van der Waals surface area contributed by atoms with Gasteiger partial charge in [0.25, 0.3) is 0 Å². The van der Waals surface area contributed by atoms with Crippen molar-refractivity contribution in [2.45, 2.75) is 23.8 Å². The number of ether oxygens (including phenoxy) is 1. The van der Waals surface area contributed by atoms with Gasteiger partial charge in [0.15, 0.2) is 10.8 Å². The summed E-state index contributed by atoms with van der Waals surface area (Å²) in [5, 5.41) is 15.8. The van der Waals surface area contributed by atoms with Crippen LogP contribution in [0.2, 0.25) is 0 Å². The van der Waals surface area contributed by atoms with E-state index in [1.54, 1.807) is 16.4 Å². The molecule has 0 aromatic carbocycles. The zero-order chi connectivity index (χ0) is 13.8. The monoisotopic (exact) mass is 300 g/mol. The Hall–Kier alpha value is -0.830. The largest absolute Gasteiger partial charge is 0.394 e. The number of aryl methyl sites for hydroxylation is 1. The summed E-state index contributed by atoms with van der Waals surface area (Å²) in [4.78, 5) is 8.99. The molecule has 0 aliphatic carbocycles. The number of nitrogens with zero attached hydrogens (tertiary/aromatic N) is 4. The molecule has 2 heterocycles. The maximum atomic E-state index is 8.74. The number of fused-ring (bicyclic) bond motifs is 1. The molecular weight excluding hydrogens is 284 g/mol. The topological polar surface area (TPSA) is 73.1 Å². The van der Waals surface area contributed by atoms with Gasteiger partial charge in [-0.2, -0.15) is 5.10 Å². The van der Waals surface area contributed by atoms with Crippen LogP contribution in [0.4, 0.5) is 0 Å². The molecule has 19 heavy (non-hydrogen) atoms. The number of thioether (sulfide) groups is 2. The molecule has 0 aliphatic rings. The minimum Gasteiger partial charge on any atom is -0.394 e. The van der Waals surface area contributed by atoms with Crippen LogP contribution in [0.25, 0.3) is 11.0 Å². The van der Waals surface area contributed by atoms with Gasteiger partial charge in [-0.15, -0.1) is 11.8 Å². The summed E-state index contributed by atoms with van der Waals surface area (Å²) >= 11 is 3.09. The first-order chi connectivity index (χ1) is 9.21. The average molecular weight is 300 g/mol. The van der Waals surface area contributed by atoms with Crippen LogP contribution in [0, 0.1) is 6.92 Å². The van der Waals surface area contributed by atoms with Crippen molar-refractivity contribution in [3.8, 4) is 0 Å². The highest BCUT2D eigenvalue weighted by Gasteiger charge is 2.15. The Labute approximate surface area is 120 Å². The molecule has 2 aromatic rings. The zero-order valence-corrected chi connectivity index (χ0v) is 12.7. The highest BCUT2D eigenvalue weighted by atomic mass is 32.2. The van der Waals surface area contributed by atoms with Gasteiger partial charge >= 0.3 is 0 Å². The van der Waals surface area contributed by atoms with Crippen LogP contribution < -0.4 is 0 Å². The molecule has 2 aromatic heterocycles. The van der Waals surface area contributed by atoms with E-state index in [4.69, 9.17) is 9.84 Å². The van der Waals surface area contributed by atoms with Crippen LogP contribution in [-0.4, -0.2) is 50.6 Å². The molecule has 0 amide bonds. The molecule has 0 bridgehead atoms. The van der Waals surface area contributed by atoms with Crippen LogP contribution in [0.5, 0.6) is 0 Å². The molecule has 0 atom stereocenters. The second kappa shape index (κ2) is 6.56. The number of aromatic nitrogens is 4. The van der Waals surface area contributed by atoms with Crippen molar-refractivity contribution in [2.75, 3.05) is 25.7 Å². The lowest BCUT2D eigenvalue weighted by Crippen LogP contribution is -2.08. The SMILES string of the molecule is CSc1nc(SC)c2c(C)nn(COCCO)c2n1. The molecule has 0 radical (unpaired) electrons. The molecule has 0 saturated carbocycles. The van der Waals surface area contributed by atoms with E-state index < -0.39 is 0 Å². The van der Waals surface area contributed by atoms with Crippen LogP contribution in [0.15, 0.2) is 10.2 Å². The van der Waals surface area contributed by atoms with Crippen molar-refractivity contribution in [1.29, 1.82) is 0 Å². The van der Waals surface area contributed by atoms with Crippen molar-refractivity contribution >= 4 is 34.6 Å². The number of aliphatic hydroxyl groups is 1. The molecule has 1 N–H and O–H groups in total. The summed E-state index contributed by atoms with van der Waals surface area (Å²) in [6, 6.07) is 0. The molecular formula is C11H16N4O2S2. The Bertz CT molecular complexity index is 573. The molecule has 6 nitrogen and oxygen atoms in total. The summed E-state index contributed by atoms with van der Waals surface area (Å²) in [7, 11) is 0. The maximum Gasteiger partial charge on any atom is 0.190 e. The standard InChI is InChI=1S/C11H16N4O2S2/c1-7-8-9(15(14-7)6-17-5-4-16)12-11(19-3)13-10(8)18-2/h16H,4-6H2,1-3H3. The minimum atomic E-state index is -0.000703. The van der Waals surface area contributed by atoms with Crippen molar-refractivity contribution < 1.29 is 9.84 Å². The predicted octanol–water partition coefficient (Wildman–Crippen LogP) is 1.54. The first kappa shape index (κ1) is 14.6. The van der Waals surface area contributed by atoms with E-state index >= 15 is 0 Å². The van der Waals surface area contributed by atoms with Crippen LogP contribution >= 0.6 is 23.5 Å². The summed E-state index contributed by atoms with van der Waals surface area (Å²) in [6.45, 7) is 2.51. The van der Waals surface area contributed by atoms with Gasteiger partial charge in [-0.25, -0.2) is 14.6 Å². The van der Waals surface area contributed by atoms with Gasteiger partial charge in [0.1, 0.15) is 11.8 Å². The fourth-order valence-electron chi connectivity index (χ4n) is 1.74. The van der Waals surface area contributed by atoms with Gasteiger partial charge in [0.2, 0.25) is 0 Å². The highest BCUT2D eigenvalue weighted by molar-refractivity contribution is 7.99. The third-order valence-electron chi connectivity index (χ3n) is 2.54. The van der Waals surface area contributed by atoms with Gasteiger partial charge in [-0.05, 0) is 19.4 Å². The van der Waals surface area contributed by atoms with Gasteiger partial charge in [-0.3, -0.25) is 0 Å². The van der Waals surface area contributed by atoms with Gasteiger partial charge < -0.3 is 9.84 Å². The minimum absolute atomic E-state index is 0.000703. The lowest BCUT2D eigenvalue weighted by Gasteiger charge is -2.05. The van der Waals surface area contributed by atoms with Crippen LogP contribution in [-0.2, 0) is 11.5 Å². The van der Waals surface area contributed by atoms with E-state index in [0.29, 0.717) is 0 Å². The third-order valence-corrected chi connectivity index (χ3v) is 3.77. The fourth-order valence-corrected chi connectivity index (χ4v) is 2.78. The first-order valence-electron chi connectivity index (χ1n) is 5.73. The molecule has 0 unspecified atom stereocenters. The van der Waals surface area contributed by atoms with Crippen LogP contribution in [0.1, 0.15) is 5.69 Å². The van der Waals surface area contributed by atoms with E-state index in [-0.39, 0.29) is 19.9 Å². The van der Waals surface area contributed by atoms with Gasteiger partial charge in [0, 0.05) is 0 Å². The summed E-state index contributed by atoms with van der Waals surface area (Å²) in [5.41, 5.74) is 1.67. The molecule has 0 fully saturated rings. The van der Waals surface area contributed by atoms with Gasteiger partial charge in [0.05, 0.1) is 24.3 Å². The van der Waals surface area contributed by atoms with E-state index in [1.165, 1.54) is 11.8 Å². The molecule has 0 aliphatic heterocycles. The Kier molecular flexibility index (Phi) is 5.03. The predicted molar refractivity (Wildman–Crippen MR) is 76.7 cm³/mol. The van der Waals surface area contributed by atoms with E-state index in [2.05, 4.69) is 15.1 Å². The third kappa shape index (κ3) is 3.02. The Morgan fingerprint density at radius 1 is 1.26 bits per heavy atom. The van der Waals surface area contributed by atoms with E-state index in [1.807, 2.05) is 19.4 Å². The number of rotatable bonds is 6. The van der Waals surface area contributed by atoms with Crippen molar-refractivity contribution in [3.05, 3.63) is 5.69 Å². The fraction of sp³-hybridized carbons (Fsp3) is 0.545. The Morgan fingerprint density at radius 3 is 2.68 bits per heavy atom. The van der Waals surface area contributed by atoms with Crippen LogP contribution in [0.3, 0.4) is 0 Å². The van der Waals surface area contributed by atoms with E-state index in [9.17, 15) is 0 Å². The van der Waals surface area contributed by atoms with Crippen molar-refractivity contribution in [3.63, 3.8) is 0 Å². The lowest BCUT2D eigenvalue weighted by molar-refractivity contribution is 0.0437. The molecule has 0 spiro atoms. The van der Waals surface area contributed by atoms with E-state index in [0.717, 1.165) is 26.9 Å². The number of hydrogen-bond donors (Lipinski definition) is 1. The second-order valence-electron chi connectivity index (χ2n) is 3.76. The summed E-state index contributed by atoms with van der Waals surface area (Å²) < 4.78 is 7.02. The summed E-state index contributed by atoms with van der Waals surface area (Å²) in [5.74, 6) is 0. The Balaban J connectivity index is 2.47. The van der Waals surface area contributed by atoms with Crippen molar-refractivity contribution in [1.82, 2.24) is 19.7 Å². The number of hydrogen-bond acceptors (Lipinski definition) is 7. The molecule has 2 rings (SSSR count). The second-order valence-corrected chi connectivity index (χ2v) is 5.33.